The summed E-state index contributed by atoms with van der Waals surface area (Å²) in [5.74, 6) is -0.865. The normalized spacial score (nSPS) is 19.7. The molecule has 3 aliphatic rings. The predicted octanol–water partition coefficient (Wildman–Crippen LogP) is 6.79. The highest BCUT2D eigenvalue weighted by atomic mass is 31.2. The van der Waals surface area contributed by atoms with Crippen LogP contribution in [0.3, 0.4) is 0 Å². The van der Waals surface area contributed by atoms with E-state index >= 15 is 9.18 Å². The molecule has 0 spiro atoms. The summed E-state index contributed by atoms with van der Waals surface area (Å²) in [6, 6.07) is 16.5. The molecule has 2 N–H and O–H groups in total. The molecule has 6 heterocycles. The van der Waals surface area contributed by atoms with Gasteiger partial charge in [-0.3, -0.25) is 28.1 Å². The van der Waals surface area contributed by atoms with Crippen LogP contribution in [-0.4, -0.2) is 96.6 Å². The second-order valence-corrected chi connectivity index (χ2v) is 21.4. The first-order chi connectivity index (χ1) is 31.7. The molecule has 344 valence electrons. The van der Waals surface area contributed by atoms with Crippen molar-refractivity contribution in [2.24, 2.45) is 5.92 Å². The number of aromatic nitrogens is 7. The third-order valence-corrected chi connectivity index (χ3v) is 17.6. The molecular formula is C48H54FN10O6P. The average molecular weight is 917 g/mol. The van der Waals surface area contributed by atoms with E-state index in [1.165, 1.54) is 4.57 Å². The van der Waals surface area contributed by atoms with Gasteiger partial charge >= 0.3 is 11.4 Å². The Balaban J connectivity index is 1.11. The van der Waals surface area contributed by atoms with Gasteiger partial charge in [0.05, 0.1) is 37.2 Å². The van der Waals surface area contributed by atoms with Crippen LogP contribution in [0.4, 0.5) is 15.8 Å². The molecule has 0 bridgehead atoms. The number of nitrogens with one attached hydrogen (secondary N) is 2. The summed E-state index contributed by atoms with van der Waals surface area (Å²) in [4.78, 5) is 49.7. The van der Waals surface area contributed by atoms with Gasteiger partial charge in [-0.2, -0.15) is 5.10 Å². The van der Waals surface area contributed by atoms with Crippen molar-refractivity contribution in [1.29, 1.82) is 0 Å². The number of carbonyl (C=O) groups is 1. The fourth-order valence-corrected chi connectivity index (χ4v) is 12.5. The Morgan fingerprint density at radius 3 is 2.29 bits per heavy atom. The van der Waals surface area contributed by atoms with E-state index in [1.54, 1.807) is 50.0 Å². The smallest absolute Gasteiger partial charge is 0.387 e. The Kier molecular flexibility index (Phi) is 10.6. The van der Waals surface area contributed by atoms with Crippen molar-refractivity contribution >= 4 is 40.6 Å². The number of fused-ring (bicyclic) bond motifs is 2. The van der Waals surface area contributed by atoms with Gasteiger partial charge in [0, 0.05) is 84.5 Å². The van der Waals surface area contributed by atoms with Crippen LogP contribution in [0.2, 0.25) is 0 Å². The van der Waals surface area contributed by atoms with Crippen LogP contribution in [0, 0.1) is 25.6 Å². The zero-order valence-corrected chi connectivity index (χ0v) is 39.1. The van der Waals surface area contributed by atoms with Gasteiger partial charge in [-0.15, -0.1) is 0 Å². The number of imidazole rings is 1. The lowest BCUT2D eigenvalue weighted by Crippen LogP contribution is -2.43. The number of anilines is 2. The van der Waals surface area contributed by atoms with Gasteiger partial charge in [0.1, 0.15) is 35.6 Å². The molecule has 1 amide bonds. The molecule has 10 rings (SSSR count). The summed E-state index contributed by atoms with van der Waals surface area (Å²) < 4.78 is 46.7. The zero-order chi connectivity index (χ0) is 46.4. The monoisotopic (exact) mass is 916 g/mol. The first kappa shape index (κ1) is 43.4. The number of aryl methyl sites for hydroxylation is 2. The third kappa shape index (κ3) is 6.72. The number of nitrogens with zero attached hydrogens (tertiary/aromatic N) is 8. The molecule has 2 aliphatic heterocycles. The molecule has 1 aliphatic carbocycles. The number of halogens is 1. The van der Waals surface area contributed by atoms with Crippen LogP contribution < -0.4 is 27.0 Å². The lowest BCUT2D eigenvalue weighted by atomic mass is 10.0. The standard InChI is InChI=1S/C48H54FN10O6P/c1-8-66(63,9-2)39-13-11-35(26-36(39)50-7)56-14-15-57(47(56)62)43-41(33-22-28(3)40(49)29(4)23-33)52-58-17-16-55(31(6)42(43)58)44(60)38-25-32-24-34(54-18-20-64-21-19-54)10-12-37(32)59(38)48(27-30(48)5)45-51-46(61)65-53-45/h10-15,22-26,30-31,50H,8-9,16-21,27H2,1-7H3,(H,51,53,61)/t30-,31?,48-/m0/s1. The van der Waals surface area contributed by atoms with E-state index in [4.69, 9.17) is 14.4 Å². The molecule has 1 saturated carbocycles. The molecule has 66 heavy (non-hydrogen) atoms. The van der Waals surface area contributed by atoms with Crippen molar-refractivity contribution in [1.82, 2.24) is 38.5 Å². The Hall–Kier alpha value is -6.45. The van der Waals surface area contributed by atoms with Gasteiger partial charge < -0.3 is 29.0 Å². The maximum absolute atomic E-state index is 15.5. The van der Waals surface area contributed by atoms with Gasteiger partial charge in [-0.25, -0.2) is 14.0 Å². The third-order valence-electron chi connectivity index (χ3n) is 14.3. The maximum atomic E-state index is 15.5. The molecule has 3 aromatic carbocycles. The zero-order valence-electron chi connectivity index (χ0n) is 38.2. The van der Waals surface area contributed by atoms with E-state index in [-0.39, 0.29) is 23.3 Å². The molecule has 1 saturated heterocycles. The predicted molar refractivity (Wildman–Crippen MR) is 252 cm³/mol. The number of amides is 1. The van der Waals surface area contributed by atoms with Crippen LogP contribution in [-0.2, 0) is 21.4 Å². The number of ether oxygens (including phenoxy) is 1. The lowest BCUT2D eigenvalue weighted by Gasteiger charge is -2.35. The van der Waals surface area contributed by atoms with Crippen LogP contribution in [0.5, 0.6) is 0 Å². The number of morpholine rings is 1. The van der Waals surface area contributed by atoms with Crippen molar-refractivity contribution in [3.05, 3.63) is 122 Å². The van der Waals surface area contributed by atoms with Gasteiger partial charge in [-0.1, -0.05) is 25.9 Å². The molecule has 7 aromatic rings. The van der Waals surface area contributed by atoms with Gasteiger partial charge in [0.25, 0.3) is 5.91 Å². The summed E-state index contributed by atoms with van der Waals surface area (Å²) in [5, 5.41) is 14.1. The number of hydrogen-bond acceptors (Lipinski definition) is 10. The Bertz CT molecular complexity index is 3210. The minimum atomic E-state index is -2.65. The Morgan fingerprint density at radius 2 is 1.64 bits per heavy atom. The first-order valence-electron chi connectivity index (χ1n) is 22.7. The largest absolute Gasteiger partial charge is 0.438 e. The van der Waals surface area contributed by atoms with E-state index in [1.807, 2.05) is 65.3 Å². The van der Waals surface area contributed by atoms with E-state index in [9.17, 15) is 14.2 Å². The molecular weight excluding hydrogens is 863 g/mol. The minimum Gasteiger partial charge on any atom is -0.387 e. The van der Waals surface area contributed by atoms with Crippen LogP contribution in [0.15, 0.2) is 81.1 Å². The van der Waals surface area contributed by atoms with Gasteiger partial charge in [0.2, 0.25) is 0 Å². The van der Waals surface area contributed by atoms with Crippen LogP contribution in [0.25, 0.3) is 33.5 Å². The van der Waals surface area contributed by atoms with Gasteiger partial charge in [-0.05, 0) is 98.8 Å². The maximum Gasteiger partial charge on any atom is 0.438 e. The summed E-state index contributed by atoms with van der Waals surface area (Å²) in [6.07, 6.45) is 5.03. The van der Waals surface area contributed by atoms with Crippen molar-refractivity contribution in [2.45, 2.75) is 66.1 Å². The minimum absolute atomic E-state index is 0.00965. The molecule has 4 aromatic heterocycles. The first-order valence-corrected chi connectivity index (χ1v) is 24.8. The number of carbonyl (C=O) groups excluding carboxylic acids is 1. The molecule has 18 heteroatoms. The van der Waals surface area contributed by atoms with E-state index in [2.05, 4.69) is 39.4 Å². The topological polar surface area (TPSA) is 170 Å². The fraction of sp³-hybridized carbons (Fsp3) is 0.396. The molecule has 16 nitrogen and oxygen atoms in total. The molecule has 0 radical (unpaired) electrons. The van der Waals surface area contributed by atoms with E-state index < -0.39 is 24.5 Å². The summed E-state index contributed by atoms with van der Waals surface area (Å²) >= 11 is 0. The Labute approximate surface area is 380 Å². The molecule has 2 fully saturated rings. The van der Waals surface area contributed by atoms with Crippen molar-refractivity contribution < 1.29 is 23.0 Å². The number of rotatable bonds is 11. The summed E-state index contributed by atoms with van der Waals surface area (Å²) in [6.45, 7) is 14.6. The number of aromatic amines is 1. The number of hydrogen-bond donors (Lipinski definition) is 2. The quantitative estimate of drug-likeness (QED) is 0.132. The highest BCUT2D eigenvalue weighted by Crippen LogP contribution is 2.56. The van der Waals surface area contributed by atoms with Crippen LogP contribution in [0.1, 0.15) is 73.3 Å². The van der Waals surface area contributed by atoms with Crippen molar-refractivity contribution in [3.63, 3.8) is 0 Å². The lowest BCUT2D eigenvalue weighted by molar-refractivity contribution is 0.0623. The SMILES string of the molecule is CCP(=O)(CC)c1ccc(-n2ccn(-c3c(-c4cc(C)c(F)c(C)c4)nn4c3C(C)N(C(=O)c3cc5cc(N6CCOCC6)ccc5n3[C@@]3(c5noc(=O)[nH]5)C[C@@H]3C)CC4)c2=O)cc1NC. The summed E-state index contributed by atoms with van der Waals surface area (Å²) in [7, 11) is -0.874. The molecule has 3 atom stereocenters. The van der Waals surface area contributed by atoms with E-state index in [0.717, 1.165) is 35.0 Å². The number of benzene rings is 3. The van der Waals surface area contributed by atoms with E-state index in [0.29, 0.717) is 102 Å². The van der Waals surface area contributed by atoms with Crippen molar-refractivity contribution in [2.75, 3.05) is 62.4 Å². The highest BCUT2D eigenvalue weighted by molar-refractivity contribution is 7.71. The fourth-order valence-electron chi connectivity index (χ4n) is 10.5. The second kappa shape index (κ2) is 16.2. The Morgan fingerprint density at radius 1 is 0.939 bits per heavy atom. The average Bonchev–Trinajstić information content (AvgIpc) is 3.82. The second-order valence-electron chi connectivity index (χ2n) is 17.9. The summed E-state index contributed by atoms with van der Waals surface area (Å²) in [5.41, 5.74) is 5.39. The van der Waals surface area contributed by atoms with Crippen LogP contribution >= 0.6 is 7.14 Å². The highest BCUT2D eigenvalue weighted by Gasteiger charge is 2.59. The number of H-pyrrole nitrogens is 1. The van der Waals surface area contributed by atoms with Crippen molar-refractivity contribution in [3.8, 4) is 22.6 Å². The van der Waals surface area contributed by atoms with Gasteiger partial charge in [0.15, 0.2) is 5.82 Å². The molecule has 1 unspecified atom stereocenters.